The van der Waals surface area contributed by atoms with Crippen molar-refractivity contribution in [1.82, 2.24) is 24.6 Å². The summed E-state index contributed by atoms with van der Waals surface area (Å²) in [5, 5.41) is 19.6. The van der Waals surface area contributed by atoms with Gasteiger partial charge in [-0.25, -0.2) is 9.78 Å². The third-order valence-corrected chi connectivity index (χ3v) is 5.26. The van der Waals surface area contributed by atoms with Crippen LogP contribution in [-0.2, 0) is 17.9 Å². The van der Waals surface area contributed by atoms with Crippen molar-refractivity contribution in [1.29, 1.82) is 0 Å². The second kappa shape index (κ2) is 8.66. The first-order valence-electron chi connectivity index (χ1n) is 10.4. The topological polar surface area (TPSA) is 131 Å². The Morgan fingerprint density at radius 1 is 1.28 bits per heavy atom. The zero-order chi connectivity index (χ0) is 22.8. The maximum absolute atomic E-state index is 13.0. The molecule has 0 spiro atoms. The highest BCUT2D eigenvalue weighted by Crippen LogP contribution is 2.27. The van der Waals surface area contributed by atoms with Gasteiger partial charge < -0.3 is 15.0 Å². The predicted octanol–water partition coefficient (Wildman–Crippen LogP) is 2.43. The van der Waals surface area contributed by atoms with E-state index in [-0.39, 0.29) is 23.8 Å². The van der Waals surface area contributed by atoms with Crippen LogP contribution < -0.4 is 10.6 Å². The standard InChI is InChI=1S/C22H24N6O4/c1-3-28-17(10-13(2)26-28)20(30)25-22-24-16-12-15(21(31)32)11-14-6-4-7-18(29)23-8-5-9-27(22)19(14)16/h4,6,10-12H,3,5,7-9H2,1-2H3,(H,23,29)(H,31,32)(H,24,25,30)/b6-4+. The minimum absolute atomic E-state index is 0.0821. The number of carbonyl (C=O) groups excluding carboxylic acids is 2. The molecule has 0 unspecified atom stereocenters. The second-order valence-electron chi connectivity index (χ2n) is 7.58. The van der Waals surface area contributed by atoms with E-state index in [2.05, 4.69) is 20.7 Å². The number of aromatic nitrogens is 4. The van der Waals surface area contributed by atoms with E-state index >= 15 is 0 Å². The SMILES string of the molecule is CCn1nc(C)cc1C(=O)Nc1nc2cc(C(=O)O)cc3c2n1CCCNC(=O)C/C=C/3. The third-order valence-electron chi connectivity index (χ3n) is 5.26. The van der Waals surface area contributed by atoms with Gasteiger partial charge in [-0.1, -0.05) is 12.2 Å². The molecule has 1 aliphatic heterocycles. The number of carbonyl (C=O) groups is 3. The molecule has 32 heavy (non-hydrogen) atoms. The van der Waals surface area contributed by atoms with Crippen LogP contribution in [0.5, 0.6) is 0 Å². The Bertz CT molecular complexity index is 1250. The molecule has 0 atom stereocenters. The molecule has 0 saturated heterocycles. The summed E-state index contributed by atoms with van der Waals surface area (Å²) in [7, 11) is 0. The van der Waals surface area contributed by atoms with Crippen LogP contribution in [0, 0.1) is 6.92 Å². The van der Waals surface area contributed by atoms with Gasteiger partial charge in [0.2, 0.25) is 11.9 Å². The van der Waals surface area contributed by atoms with E-state index in [4.69, 9.17) is 0 Å². The van der Waals surface area contributed by atoms with Crippen LogP contribution in [0.15, 0.2) is 24.3 Å². The Labute approximate surface area is 183 Å². The van der Waals surface area contributed by atoms with E-state index in [9.17, 15) is 19.5 Å². The van der Waals surface area contributed by atoms with Gasteiger partial charge in [0.1, 0.15) is 5.69 Å². The Morgan fingerprint density at radius 3 is 2.84 bits per heavy atom. The molecule has 0 fully saturated rings. The Hall–Kier alpha value is -3.95. The highest BCUT2D eigenvalue weighted by molar-refractivity contribution is 6.04. The van der Waals surface area contributed by atoms with Crippen molar-refractivity contribution in [3.8, 4) is 0 Å². The molecule has 3 heterocycles. The number of benzene rings is 1. The molecule has 0 saturated carbocycles. The Kier molecular flexibility index (Phi) is 5.76. The average Bonchev–Trinajstić information content (AvgIpc) is 3.29. The van der Waals surface area contributed by atoms with Crippen molar-refractivity contribution in [2.75, 3.05) is 11.9 Å². The maximum Gasteiger partial charge on any atom is 0.335 e. The number of rotatable bonds is 4. The van der Waals surface area contributed by atoms with Crippen molar-refractivity contribution in [2.24, 2.45) is 0 Å². The predicted molar refractivity (Wildman–Crippen MR) is 119 cm³/mol. The van der Waals surface area contributed by atoms with E-state index in [1.165, 1.54) is 6.07 Å². The normalized spacial score (nSPS) is 15.1. The van der Waals surface area contributed by atoms with Crippen LogP contribution in [0.3, 0.4) is 0 Å². The lowest BCUT2D eigenvalue weighted by atomic mass is 10.1. The molecular weight excluding hydrogens is 412 g/mol. The first kappa shape index (κ1) is 21.3. The van der Waals surface area contributed by atoms with E-state index in [0.29, 0.717) is 54.3 Å². The fraction of sp³-hybridized carbons (Fsp3) is 0.318. The van der Waals surface area contributed by atoms with Crippen molar-refractivity contribution >= 4 is 40.8 Å². The molecule has 2 amide bonds. The number of aryl methyl sites for hydroxylation is 3. The molecule has 1 aromatic carbocycles. The zero-order valence-electron chi connectivity index (χ0n) is 17.9. The number of carboxylic acids is 1. The molecule has 2 aromatic heterocycles. The van der Waals surface area contributed by atoms with Crippen LogP contribution in [-0.4, -0.2) is 48.8 Å². The summed E-state index contributed by atoms with van der Waals surface area (Å²) >= 11 is 0. The number of carboxylic acid groups (broad SMARTS) is 1. The number of imidazole rings is 1. The first-order chi connectivity index (χ1) is 15.4. The average molecular weight is 436 g/mol. The zero-order valence-corrected chi connectivity index (χ0v) is 17.9. The lowest BCUT2D eigenvalue weighted by Gasteiger charge is -2.12. The van der Waals surface area contributed by atoms with Gasteiger partial charge in [-0.3, -0.25) is 19.6 Å². The fourth-order valence-corrected chi connectivity index (χ4v) is 3.83. The Balaban J connectivity index is 1.83. The molecule has 0 aliphatic carbocycles. The minimum atomic E-state index is -1.08. The molecule has 10 nitrogen and oxygen atoms in total. The van der Waals surface area contributed by atoms with E-state index in [1.54, 1.807) is 29.0 Å². The number of anilines is 1. The maximum atomic E-state index is 13.0. The molecule has 166 valence electrons. The van der Waals surface area contributed by atoms with Crippen LogP contribution >= 0.6 is 0 Å². The molecule has 10 heteroatoms. The van der Waals surface area contributed by atoms with E-state index in [0.717, 1.165) is 5.69 Å². The van der Waals surface area contributed by atoms with Crippen molar-refractivity contribution in [3.63, 3.8) is 0 Å². The minimum Gasteiger partial charge on any atom is -0.478 e. The highest BCUT2D eigenvalue weighted by Gasteiger charge is 2.21. The van der Waals surface area contributed by atoms with Gasteiger partial charge in [-0.15, -0.1) is 0 Å². The molecular formula is C22H24N6O4. The first-order valence-corrected chi connectivity index (χ1v) is 10.4. The summed E-state index contributed by atoms with van der Waals surface area (Å²) in [6.07, 6.45) is 4.22. The summed E-state index contributed by atoms with van der Waals surface area (Å²) in [4.78, 5) is 41.1. The number of amides is 2. The van der Waals surface area contributed by atoms with E-state index in [1.807, 2.05) is 18.4 Å². The van der Waals surface area contributed by atoms with Gasteiger partial charge in [0.15, 0.2) is 0 Å². The van der Waals surface area contributed by atoms with Gasteiger partial charge >= 0.3 is 5.97 Å². The summed E-state index contributed by atoms with van der Waals surface area (Å²) in [5.41, 5.74) is 3.02. The quantitative estimate of drug-likeness (QED) is 0.576. The van der Waals surface area contributed by atoms with Crippen molar-refractivity contribution < 1.29 is 19.5 Å². The van der Waals surface area contributed by atoms with Crippen LogP contribution in [0.25, 0.3) is 17.1 Å². The number of nitrogens with zero attached hydrogens (tertiary/aromatic N) is 4. The van der Waals surface area contributed by atoms with Crippen LogP contribution in [0.1, 0.15) is 51.9 Å². The van der Waals surface area contributed by atoms with Crippen molar-refractivity contribution in [3.05, 3.63) is 46.8 Å². The summed E-state index contributed by atoms with van der Waals surface area (Å²) < 4.78 is 3.47. The van der Waals surface area contributed by atoms with Gasteiger partial charge in [-0.2, -0.15) is 5.10 Å². The smallest absolute Gasteiger partial charge is 0.335 e. The Morgan fingerprint density at radius 2 is 2.09 bits per heavy atom. The number of aromatic carboxylic acids is 1. The van der Waals surface area contributed by atoms with Gasteiger partial charge in [0.25, 0.3) is 5.91 Å². The molecule has 4 rings (SSSR count). The fourth-order valence-electron chi connectivity index (χ4n) is 3.83. The number of nitrogens with one attached hydrogen (secondary N) is 2. The lowest BCUT2D eigenvalue weighted by molar-refractivity contribution is -0.120. The molecule has 0 bridgehead atoms. The molecule has 1 aliphatic rings. The molecule has 3 N–H and O–H groups in total. The van der Waals surface area contributed by atoms with Crippen LogP contribution in [0.4, 0.5) is 5.95 Å². The largest absolute Gasteiger partial charge is 0.478 e. The summed E-state index contributed by atoms with van der Waals surface area (Å²) in [6, 6.07) is 4.75. The number of hydrogen-bond acceptors (Lipinski definition) is 5. The third kappa shape index (κ3) is 4.11. The number of hydrogen-bond donors (Lipinski definition) is 3. The highest BCUT2D eigenvalue weighted by atomic mass is 16.4. The molecule has 0 radical (unpaired) electrons. The van der Waals surface area contributed by atoms with Gasteiger partial charge in [0, 0.05) is 31.6 Å². The lowest BCUT2D eigenvalue weighted by Crippen LogP contribution is -2.24. The van der Waals surface area contributed by atoms with Gasteiger partial charge in [-0.05, 0) is 38.5 Å². The molecule has 3 aromatic rings. The van der Waals surface area contributed by atoms with Crippen LogP contribution in [0.2, 0.25) is 0 Å². The summed E-state index contributed by atoms with van der Waals surface area (Å²) in [6.45, 7) is 5.22. The summed E-state index contributed by atoms with van der Waals surface area (Å²) in [5.74, 6) is -1.22. The van der Waals surface area contributed by atoms with E-state index < -0.39 is 5.97 Å². The second-order valence-corrected chi connectivity index (χ2v) is 7.58. The van der Waals surface area contributed by atoms with Gasteiger partial charge in [0.05, 0.1) is 22.3 Å². The monoisotopic (exact) mass is 436 g/mol. The van der Waals surface area contributed by atoms with Crippen molar-refractivity contribution in [2.45, 2.75) is 39.8 Å².